The molecule has 0 unspecified atom stereocenters. The van der Waals surface area contributed by atoms with Gasteiger partial charge < -0.3 is 0 Å². The fourth-order valence-corrected chi connectivity index (χ4v) is 16.9. The van der Waals surface area contributed by atoms with Crippen molar-refractivity contribution in [1.82, 2.24) is 4.98 Å². The van der Waals surface area contributed by atoms with Crippen LogP contribution in [-0.2, 0) is 69.5 Å². The summed E-state index contributed by atoms with van der Waals surface area (Å²) in [5.74, 6) is 0. The van der Waals surface area contributed by atoms with E-state index >= 15 is 0 Å². The Kier molecular flexibility index (Phi) is 27.0. The van der Waals surface area contributed by atoms with Crippen molar-refractivity contribution in [2.24, 2.45) is 0 Å². The number of hydrogen-bond donors (Lipinski definition) is 0. The minimum absolute atomic E-state index is 0. The van der Waals surface area contributed by atoms with E-state index in [0.29, 0.717) is 7.92 Å². The second-order valence-corrected chi connectivity index (χ2v) is 25.8. The number of nitrogens with zero attached hydrogens (tertiary/aromatic N) is 1. The van der Waals surface area contributed by atoms with Crippen molar-refractivity contribution in [3.8, 4) is 0 Å². The molecule has 4 saturated carbocycles. The molecule has 4 aliphatic rings. The molecule has 0 N–H and O–H groups in total. The molecule has 5 radical (unpaired) electrons. The first-order valence-electron chi connectivity index (χ1n) is 29.0. The van der Waals surface area contributed by atoms with Gasteiger partial charge in [0.15, 0.2) is 0 Å². The minimum Gasteiger partial charge on any atom is -0.265 e. The van der Waals surface area contributed by atoms with Crippen LogP contribution in [0.15, 0.2) is 103 Å². The molecule has 5 aromatic rings. The van der Waals surface area contributed by atoms with Gasteiger partial charge in [0.05, 0.1) is 44.5 Å². The van der Waals surface area contributed by atoms with Crippen LogP contribution in [0, 0.1) is 25.7 Å². The maximum atomic E-state index is 14.2. The quantitative estimate of drug-likeness (QED) is 0.0899. The molecule has 28 heteroatoms. The average Bonchev–Trinajstić information content (AvgIpc) is 0.716. The van der Waals surface area contributed by atoms with Gasteiger partial charge in [-0.3, -0.25) is 4.98 Å². The Morgan fingerprint density at radius 2 is 0.462 bits per heavy atom. The second kappa shape index (κ2) is 31.8. The Balaban J connectivity index is 0.000000352. The molecule has 91 heavy (non-hydrogen) atoms. The zero-order valence-corrected chi connectivity index (χ0v) is 51.5. The maximum absolute atomic E-state index is 14.2. The summed E-state index contributed by atoms with van der Waals surface area (Å²) in [6.45, 7) is 0. The molecule has 0 aliphatic heterocycles. The standard InChI is InChI=1S/C32H12BF24.C18H33P.C8H12.C5H5N.Ir/c34-25(35,36)13-1-14(26(37,38)39)6-21(5-13)33(22-7-15(27(40,41)42)2-16(8-22)28(43,44)45,23-9-17(29(46,47)48)3-18(10-23)30(49,50)51)24-11-19(31(52,53)54)4-20(12-24)32(55,56)57;1-4-10-16(11-5-1)19(17-12-6-2-7-13-17)18-14-8-3-9-15-18;1-2-4-6-8-7-5-3-1;1-2-4-6-5-3-1;/h1-12H;16-18H,1-15H2;1-2,7-8H,3-6H2;1-5H;/q-1;;;;. The van der Waals surface area contributed by atoms with E-state index in [1.165, 1.54) is 61.9 Å². The third-order valence-electron chi connectivity index (χ3n) is 16.3. The number of hydrogen-bond acceptors (Lipinski definition) is 1. The van der Waals surface area contributed by atoms with Gasteiger partial charge in [-0.05, 0) is 143 Å². The van der Waals surface area contributed by atoms with Gasteiger partial charge in [0, 0.05) is 32.5 Å². The zero-order valence-electron chi connectivity index (χ0n) is 48.2. The van der Waals surface area contributed by atoms with Crippen LogP contribution in [0.2, 0.25) is 0 Å². The van der Waals surface area contributed by atoms with Crippen LogP contribution >= 0.6 is 7.92 Å². The van der Waals surface area contributed by atoms with Crippen LogP contribution in [0.25, 0.3) is 0 Å². The Morgan fingerprint density at radius 3 is 0.604 bits per heavy atom. The molecule has 0 saturated heterocycles. The Morgan fingerprint density at radius 1 is 0.275 bits per heavy atom. The largest absolute Gasteiger partial charge is 0.416 e. The van der Waals surface area contributed by atoms with Gasteiger partial charge in [0.2, 0.25) is 0 Å². The van der Waals surface area contributed by atoms with Crippen molar-refractivity contribution in [2.45, 2.75) is 188 Å². The fourth-order valence-electron chi connectivity index (χ4n) is 12.3. The smallest absolute Gasteiger partial charge is 0.265 e. The van der Waals surface area contributed by atoms with Gasteiger partial charge in [-0.1, -0.05) is 120 Å². The summed E-state index contributed by atoms with van der Waals surface area (Å²) < 4.78 is 341. The summed E-state index contributed by atoms with van der Waals surface area (Å²) in [6.07, 6.45) is -13.7. The predicted molar refractivity (Wildman–Crippen MR) is 298 cm³/mol. The Labute approximate surface area is 526 Å². The predicted octanol–water partition coefficient (Wildman–Crippen LogP) is 21.1. The van der Waals surface area contributed by atoms with Crippen molar-refractivity contribution < 1.29 is 125 Å². The van der Waals surface area contributed by atoms with E-state index in [1.807, 2.05) is 18.2 Å². The first kappa shape index (κ1) is 77.2. The van der Waals surface area contributed by atoms with Crippen molar-refractivity contribution in [3.05, 3.63) is 174 Å². The normalized spacial score (nSPS) is 17.6. The Hall–Kier alpha value is -4.51. The number of pyridine rings is 1. The molecule has 0 bridgehead atoms. The van der Waals surface area contributed by atoms with E-state index in [9.17, 15) is 105 Å². The molecule has 0 atom stereocenters. The molecule has 9 rings (SSSR count). The third-order valence-corrected chi connectivity index (χ3v) is 20.4. The van der Waals surface area contributed by atoms with Crippen LogP contribution < -0.4 is 21.9 Å². The third kappa shape index (κ3) is 21.8. The molecular formula is C63H62BF24IrNP-. The summed E-state index contributed by atoms with van der Waals surface area (Å²) in [5.41, 5.74) is -26.6. The summed E-state index contributed by atoms with van der Waals surface area (Å²) in [5, 5.41) is 0. The van der Waals surface area contributed by atoms with Crippen molar-refractivity contribution in [3.63, 3.8) is 0 Å². The van der Waals surface area contributed by atoms with E-state index in [0.717, 1.165) is 0 Å². The molecule has 1 aromatic heterocycles. The van der Waals surface area contributed by atoms with Gasteiger partial charge in [0.25, 0.3) is 0 Å². The summed E-state index contributed by atoms with van der Waals surface area (Å²) in [4.78, 5) is 3.78. The Bertz CT molecular complexity index is 2510. The van der Waals surface area contributed by atoms with Gasteiger partial charge in [-0.2, -0.15) is 127 Å². The number of aromatic nitrogens is 1. The van der Waals surface area contributed by atoms with Crippen LogP contribution in [0.3, 0.4) is 0 Å². The van der Waals surface area contributed by atoms with Crippen LogP contribution in [0.4, 0.5) is 105 Å². The summed E-state index contributed by atoms with van der Waals surface area (Å²) >= 11 is 0. The SMILES string of the molecule is C1CCC(P(C2CCCCC2)C2CCCCC2)CC1.FC(F)(F)c1cc([B-](c2cc(C(F)(F)F)cc(C(F)(F)F)c2)(c2cc(C(F)(F)F)cc(C(F)(F)F)c2)c2cc(C(F)(F)F)cc(C(F)(F)F)c2)cc(C(F)(F)F)c1.[CH]1[CH]CC[CH][CH]CC1.[Ir].c1ccncc1. The molecular weight excluding hydrogens is 1460 g/mol. The van der Waals surface area contributed by atoms with Crippen LogP contribution in [0.1, 0.15) is 167 Å². The molecule has 4 aliphatic carbocycles. The van der Waals surface area contributed by atoms with E-state index in [1.54, 1.807) is 89.4 Å². The maximum Gasteiger partial charge on any atom is 0.416 e. The average molecular weight is 1520 g/mol. The minimum atomic E-state index is -6.13. The molecule has 0 spiro atoms. The fraction of sp³-hybridized carbons (Fsp3) is 0.476. The van der Waals surface area contributed by atoms with Crippen LogP contribution in [0.5, 0.6) is 0 Å². The molecule has 4 aromatic carbocycles. The van der Waals surface area contributed by atoms with Gasteiger partial charge in [-0.25, -0.2) is 0 Å². The number of rotatable bonds is 7. The van der Waals surface area contributed by atoms with Gasteiger partial charge >= 0.3 is 49.4 Å². The number of alkyl halides is 24. The molecule has 505 valence electrons. The van der Waals surface area contributed by atoms with Gasteiger partial charge in [-0.15, -0.1) is 0 Å². The van der Waals surface area contributed by atoms with Crippen LogP contribution in [-0.4, -0.2) is 28.1 Å². The van der Waals surface area contributed by atoms with E-state index in [2.05, 4.69) is 30.7 Å². The molecule has 4 fully saturated rings. The number of halogens is 24. The van der Waals surface area contributed by atoms with Gasteiger partial charge in [0.1, 0.15) is 6.15 Å². The van der Waals surface area contributed by atoms with E-state index in [-0.39, 0.29) is 20.1 Å². The van der Waals surface area contributed by atoms with E-state index < -0.39 is 195 Å². The van der Waals surface area contributed by atoms with E-state index in [4.69, 9.17) is 0 Å². The molecule has 1 heterocycles. The van der Waals surface area contributed by atoms with Crippen molar-refractivity contribution in [1.29, 1.82) is 0 Å². The first-order valence-corrected chi connectivity index (χ1v) is 30.5. The second-order valence-electron chi connectivity index (χ2n) is 22.7. The summed E-state index contributed by atoms with van der Waals surface area (Å²) in [7, 11) is 0.385. The van der Waals surface area contributed by atoms with Crippen molar-refractivity contribution in [2.75, 3.05) is 0 Å². The monoisotopic (exact) mass is 1520 g/mol. The van der Waals surface area contributed by atoms with Crippen molar-refractivity contribution >= 4 is 35.9 Å². The zero-order chi connectivity index (χ0) is 66.7. The number of benzene rings is 4. The first-order chi connectivity index (χ1) is 41.7. The molecule has 0 amide bonds. The molecule has 1 nitrogen and oxygen atoms in total. The summed E-state index contributed by atoms with van der Waals surface area (Å²) in [6, 6.07) is -3.10. The topological polar surface area (TPSA) is 12.9 Å².